The Balaban J connectivity index is 3.04. The summed E-state index contributed by atoms with van der Waals surface area (Å²) in [4.78, 5) is 0. The molecule has 0 spiro atoms. The summed E-state index contributed by atoms with van der Waals surface area (Å²) in [5.41, 5.74) is 6.46. The molecule has 4 heteroatoms. The third-order valence-electron chi connectivity index (χ3n) is 2.28. The number of para-hydroxylation sites is 1. The van der Waals surface area contributed by atoms with Gasteiger partial charge in [0, 0.05) is 12.1 Å². The zero-order chi connectivity index (χ0) is 12.0. The van der Waals surface area contributed by atoms with Crippen LogP contribution in [0.5, 0.6) is 11.5 Å². The van der Waals surface area contributed by atoms with Gasteiger partial charge in [-0.1, -0.05) is 19.1 Å². The van der Waals surface area contributed by atoms with Gasteiger partial charge in [0.05, 0.1) is 7.11 Å². The number of methoxy groups -OCH3 is 1. The number of nitrogens with zero attached hydrogens (tertiary/aromatic N) is 1. The van der Waals surface area contributed by atoms with Crippen molar-refractivity contribution in [1.82, 2.24) is 0 Å². The van der Waals surface area contributed by atoms with Gasteiger partial charge in [-0.15, -0.1) is 0 Å². The van der Waals surface area contributed by atoms with E-state index < -0.39 is 6.10 Å². The Morgan fingerprint density at radius 2 is 2.25 bits per heavy atom. The molecule has 86 valence electrons. The van der Waals surface area contributed by atoms with Gasteiger partial charge in [0.25, 0.3) is 0 Å². The van der Waals surface area contributed by atoms with Gasteiger partial charge in [0.15, 0.2) is 17.6 Å². The summed E-state index contributed by atoms with van der Waals surface area (Å²) in [5.74, 6) is 1.18. The van der Waals surface area contributed by atoms with Crippen LogP contribution in [0.25, 0.3) is 0 Å². The lowest BCUT2D eigenvalue weighted by molar-refractivity contribution is 0.236. The minimum Gasteiger partial charge on any atom is -0.493 e. The number of nitriles is 1. The van der Waals surface area contributed by atoms with Crippen molar-refractivity contribution in [2.24, 2.45) is 5.73 Å². The molecule has 4 nitrogen and oxygen atoms in total. The Bertz CT molecular complexity index is 363. The van der Waals surface area contributed by atoms with Crippen LogP contribution in [-0.4, -0.2) is 13.2 Å². The summed E-state index contributed by atoms with van der Waals surface area (Å²) in [6, 6.07) is 7.59. The first-order valence-corrected chi connectivity index (χ1v) is 5.19. The highest BCUT2D eigenvalue weighted by atomic mass is 16.5. The van der Waals surface area contributed by atoms with E-state index in [0.29, 0.717) is 24.5 Å². The second-order valence-electron chi connectivity index (χ2n) is 3.30. The largest absolute Gasteiger partial charge is 0.493 e. The Kier molecular flexibility index (Phi) is 4.62. The number of nitrogens with two attached hydrogens (primary N) is 1. The predicted molar refractivity (Wildman–Crippen MR) is 61.2 cm³/mol. The van der Waals surface area contributed by atoms with Gasteiger partial charge >= 0.3 is 0 Å². The van der Waals surface area contributed by atoms with Crippen molar-refractivity contribution in [3.63, 3.8) is 0 Å². The van der Waals surface area contributed by atoms with Crippen LogP contribution in [0.3, 0.4) is 0 Å². The van der Waals surface area contributed by atoms with Crippen molar-refractivity contribution in [3.8, 4) is 17.6 Å². The van der Waals surface area contributed by atoms with E-state index in [2.05, 4.69) is 6.07 Å². The number of hydrogen-bond donors (Lipinski definition) is 1. The van der Waals surface area contributed by atoms with E-state index in [9.17, 15) is 0 Å². The van der Waals surface area contributed by atoms with Gasteiger partial charge in [-0.3, -0.25) is 0 Å². The molecule has 1 rings (SSSR count). The fraction of sp³-hybridized carbons (Fsp3) is 0.417. The first kappa shape index (κ1) is 12.3. The molecule has 1 atom stereocenters. The molecular formula is C12H16N2O2. The van der Waals surface area contributed by atoms with Gasteiger partial charge in [-0.25, -0.2) is 0 Å². The van der Waals surface area contributed by atoms with Gasteiger partial charge in [-0.2, -0.15) is 5.26 Å². The third-order valence-corrected chi connectivity index (χ3v) is 2.28. The van der Waals surface area contributed by atoms with Crippen molar-refractivity contribution in [3.05, 3.63) is 23.8 Å². The minimum absolute atomic E-state index is 0.356. The third kappa shape index (κ3) is 2.65. The van der Waals surface area contributed by atoms with Gasteiger partial charge < -0.3 is 15.2 Å². The number of hydrogen-bond acceptors (Lipinski definition) is 4. The normalized spacial score (nSPS) is 11.6. The highest BCUT2D eigenvalue weighted by Crippen LogP contribution is 2.31. The number of rotatable bonds is 5. The van der Waals surface area contributed by atoms with Crippen LogP contribution in [0.15, 0.2) is 18.2 Å². The summed E-state index contributed by atoms with van der Waals surface area (Å²) in [6.07, 6.45) is 0.153. The number of benzene rings is 1. The average Bonchev–Trinajstić information content (AvgIpc) is 2.35. The Labute approximate surface area is 95.6 Å². The minimum atomic E-state index is -0.471. The second kappa shape index (κ2) is 5.99. The molecule has 0 amide bonds. The van der Waals surface area contributed by atoms with E-state index in [1.807, 2.05) is 19.1 Å². The second-order valence-corrected chi connectivity index (χ2v) is 3.30. The van der Waals surface area contributed by atoms with E-state index in [0.717, 1.165) is 5.56 Å². The Hall–Kier alpha value is -1.73. The SMILES string of the molecule is CCC(C#N)Oc1c(CN)cccc1OC. The molecule has 0 bridgehead atoms. The maximum Gasteiger partial charge on any atom is 0.184 e. The molecule has 0 aromatic heterocycles. The molecule has 0 aliphatic carbocycles. The molecule has 1 aromatic rings. The van der Waals surface area contributed by atoms with Crippen LogP contribution in [0, 0.1) is 11.3 Å². The smallest absolute Gasteiger partial charge is 0.184 e. The summed E-state index contributed by atoms with van der Waals surface area (Å²) < 4.78 is 10.8. The molecule has 0 aliphatic heterocycles. The molecule has 0 aliphatic rings. The summed E-state index contributed by atoms with van der Waals surface area (Å²) >= 11 is 0. The lowest BCUT2D eigenvalue weighted by Crippen LogP contribution is -2.15. The van der Waals surface area contributed by atoms with E-state index >= 15 is 0 Å². The summed E-state index contributed by atoms with van der Waals surface area (Å²) in [7, 11) is 1.57. The van der Waals surface area contributed by atoms with Crippen LogP contribution < -0.4 is 15.2 Å². The maximum absolute atomic E-state index is 8.87. The molecule has 1 aromatic carbocycles. The Morgan fingerprint density at radius 1 is 1.50 bits per heavy atom. The highest BCUT2D eigenvalue weighted by Gasteiger charge is 2.14. The van der Waals surface area contributed by atoms with Crippen LogP contribution in [-0.2, 0) is 6.54 Å². The fourth-order valence-electron chi connectivity index (χ4n) is 1.36. The highest BCUT2D eigenvalue weighted by molar-refractivity contribution is 5.46. The molecule has 0 radical (unpaired) electrons. The monoisotopic (exact) mass is 220 g/mol. The van der Waals surface area contributed by atoms with E-state index in [1.165, 1.54) is 0 Å². The van der Waals surface area contributed by atoms with Gasteiger partial charge in [0.1, 0.15) is 6.07 Å². The molecule has 1 unspecified atom stereocenters. The van der Waals surface area contributed by atoms with Gasteiger partial charge in [0.2, 0.25) is 0 Å². The topological polar surface area (TPSA) is 68.3 Å². The zero-order valence-electron chi connectivity index (χ0n) is 9.56. The van der Waals surface area contributed by atoms with Crippen molar-refractivity contribution in [2.45, 2.75) is 26.0 Å². The van der Waals surface area contributed by atoms with E-state index in [4.69, 9.17) is 20.5 Å². The molecular weight excluding hydrogens is 204 g/mol. The summed E-state index contributed by atoms with van der Waals surface area (Å²) in [6.45, 7) is 2.25. The van der Waals surface area contributed by atoms with Crippen molar-refractivity contribution < 1.29 is 9.47 Å². The van der Waals surface area contributed by atoms with Crippen LogP contribution in [0.1, 0.15) is 18.9 Å². The molecule has 16 heavy (non-hydrogen) atoms. The van der Waals surface area contributed by atoms with Crippen LogP contribution >= 0.6 is 0 Å². The first-order chi connectivity index (χ1) is 7.76. The van der Waals surface area contributed by atoms with Crippen molar-refractivity contribution in [2.75, 3.05) is 7.11 Å². The molecule has 0 saturated heterocycles. The zero-order valence-corrected chi connectivity index (χ0v) is 9.56. The average molecular weight is 220 g/mol. The Morgan fingerprint density at radius 3 is 2.75 bits per heavy atom. The van der Waals surface area contributed by atoms with Crippen LogP contribution in [0.4, 0.5) is 0 Å². The molecule has 0 fully saturated rings. The van der Waals surface area contributed by atoms with Crippen molar-refractivity contribution >= 4 is 0 Å². The van der Waals surface area contributed by atoms with E-state index in [1.54, 1.807) is 13.2 Å². The predicted octanol–water partition coefficient (Wildman–Crippen LogP) is 1.83. The first-order valence-electron chi connectivity index (χ1n) is 5.19. The fourth-order valence-corrected chi connectivity index (χ4v) is 1.36. The molecule has 0 saturated carbocycles. The summed E-state index contributed by atoms with van der Waals surface area (Å²) in [5, 5.41) is 8.87. The van der Waals surface area contributed by atoms with Crippen LogP contribution in [0.2, 0.25) is 0 Å². The maximum atomic E-state index is 8.87. The van der Waals surface area contributed by atoms with Crippen molar-refractivity contribution in [1.29, 1.82) is 5.26 Å². The quantitative estimate of drug-likeness (QED) is 0.822. The van der Waals surface area contributed by atoms with Gasteiger partial charge in [-0.05, 0) is 12.5 Å². The molecule has 2 N–H and O–H groups in total. The lowest BCUT2D eigenvalue weighted by Gasteiger charge is -2.16. The number of ether oxygens (including phenoxy) is 2. The van der Waals surface area contributed by atoms with E-state index in [-0.39, 0.29) is 0 Å². The standard InChI is InChI=1S/C12H16N2O2/c1-3-10(8-14)16-12-9(7-13)5-4-6-11(12)15-2/h4-6,10H,3,7,13H2,1-2H3. The molecule has 0 heterocycles. The lowest BCUT2D eigenvalue weighted by atomic mass is 10.2.